The summed E-state index contributed by atoms with van der Waals surface area (Å²) in [6.07, 6.45) is 3.68. The molecule has 1 nitrogen and oxygen atoms in total. The number of nitrogens with zero attached hydrogens (tertiary/aromatic N) is 1. The van der Waals surface area contributed by atoms with Gasteiger partial charge >= 0.3 is 0 Å². The summed E-state index contributed by atoms with van der Waals surface area (Å²) in [6, 6.07) is 10.4. The lowest BCUT2D eigenvalue weighted by Crippen LogP contribution is -1.83. The second kappa shape index (κ2) is 3.93. The van der Waals surface area contributed by atoms with Gasteiger partial charge in [0.15, 0.2) is 0 Å². The predicted molar refractivity (Wildman–Crippen MR) is 62.1 cm³/mol. The third-order valence-electron chi connectivity index (χ3n) is 2.16. The van der Waals surface area contributed by atoms with Gasteiger partial charge in [0.1, 0.15) is 0 Å². The first kappa shape index (κ1) is 9.41. The lowest BCUT2D eigenvalue weighted by atomic mass is 10.0. The molecule has 0 aliphatic rings. The molecule has 2 aromatic rings. The van der Waals surface area contributed by atoms with Crippen molar-refractivity contribution < 1.29 is 0 Å². The molecule has 0 aliphatic carbocycles. The average molecular weight is 248 g/mol. The first-order valence-electron chi connectivity index (χ1n) is 4.44. The van der Waals surface area contributed by atoms with Crippen molar-refractivity contribution in [1.82, 2.24) is 4.98 Å². The smallest absolute Gasteiger partial charge is 0.0410 e. The van der Waals surface area contributed by atoms with Crippen LogP contribution in [0.2, 0.25) is 0 Å². The van der Waals surface area contributed by atoms with Crippen LogP contribution in [0.3, 0.4) is 0 Å². The van der Waals surface area contributed by atoms with E-state index in [1.165, 1.54) is 11.1 Å². The second-order valence-corrected chi connectivity index (χ2v) is 4.12. The molecule has 0 unspecified atom stereocenters. The Morgan fingerprint density at radius 2 is 1.93 bits per heavy atom. The van der Waals surface area contributed by atoms with Gasteiger partial charge in [-0.1, -0.05) is 24.3 Å². The van der Waals surface area contributed by atoms with Gasteiger partial charge in [-0.15, -0.1) is 0 Å². The van der Waals surface area contributed by atoms with Gasteiger partial charge in [-0.2, -0.15) is 0 Å². The number of hydrogen-bond donors (Lipinski definition) is 0. The molecule has 14 heavy (non-hydrogen) atoms. The molecule has 0 spiro atoms. The van der Waals surface area contributed by atoms with Crippen molar-refractivity contribution in [2.75, 3.05) is 0 Å². The standard InChI is InChI=1S/C12H10BrN/c1-9-4-2-3-5-12(9)10-6-11(13)8-14-7-10/h2-8H,1H3. The van der Waals surface area contributed by atoms with Gasteiger partial charge < -0.3 is 0 Å². The molecule has 0 radical (unpaired) electrons. The first-order valence-corrected chi connectivity index (χ1v) is 5.23. The van der Waals surface area contributed by atoms with Crippen molar-refractivity contribution in [3.63, 3.8) is 0 Å². The number of benzene rings is 1. The third-order valence-corrected chi connectivity index (χ3v) is 2.59. The Balaban J connectivity index is 2.55. The Labute approximate surface area is 91.9 Å². The zero-order chi connectivity index (χ0) is 9.97. The van der Waals surface area contributed by atoms with E-state index in [0.29, 0.717) is 0 Å². The molecule has 1 heterocycles. The maximum atomic E-state index is 4.15. The molecule has 0 amide bonds. The van der Waals surface area contributed by atoms with Gasteiger partial charge in [0.2, 0.25) is 0 Å². The highest BCUT2D eigenvalue weighted by Gasteiger charge is 2.00. The van der Waals surface area contributed by atoms with E-state index in [4.69, 9.17) is 0 Å². The van der Waals surface area contributed by atoms with Crippen LogP contribution in [0.4, 0.5) is 0 Å². The van der Waals surface area contributed by atoms with E-state index >= 15 is 0 Å². The van der Waals surface area contributed by atoms with E-state index in [1.807, 2.05) is 18.3 Å². The van der Waals surface area contributed by atoms with E-state index in [9.17, 15) is 0 Å². The van der Waals surface area contributed by atoms with E-state index in [0.717, 1.165) is 10.0 Å². The molecular formula is C12H10BrN. The van der Waals surface area contributed by atoms with E-state index in [1.54, 1.807) is 6.20 Å². The molecule has 2 rings (SSSR count). The van der Waals surface area contributed by atoms with Gasteiger partial charge in [-0.3, -0.25) is 4.98 Å². The minimum absolute atomic E-state index is 1.01. The monoisotopic (exact) mass is 247 g/mol. The molecule has 0 saturated heterocycles. The molecule has 2 heteroatoms. The quantitative estimate of drug-likeness (QED) is 0.747. The maximum Gasteiger partial charge on any atom is 0.0410 e. The summed E-state index contributed by atoms with van der Waals surface area (Å²) in [4.78, 5) is 4.15. The number of pyridine rings is 1. The Kier molecular flexibility index (Phi) is 2.64. The molecular weight excluding hydrogens is 238 g/mol. The van der Waals surface area contributed by atoms with Crippen molar-refractivity contribution in [3.05, 3.63) is 52.8 Å². The van der Waals surface area contributed by atoms with Gasteiger partial charge in [-0.25, -0.2) is 0 Å². The minimum atomic E-state index is 1.01. The zero-order valence-electron chi connectivity index (χ0n) is 7.87. The normalized spacial score (nSPS) is 10.1. The predicted octanol–water partition coefficient (Wildman–Crippen LogP) is 3.82. The topological polar surface area (TPSA) is 12.9 Å². The molecule has 0 atom stereocenters. The highest BCUT2D eigenvalue weighted by Crippen LogP contribution is 2.24. The largest absolute Gasteiger partial charge is 0.263 e. The third kappa shape index (κ3) is 1.85. The van der Waals surface area contributed by atoms with Crippen LogP contribution in [0.1, 0.15) is 5.56 Å². The molecule has 70 valence electrons. The minimum Gasteiger partial charge on any atom is -0.263 e. The van der Waals surface area contributed by atoms with Gasteiger partial charge in [-0.05, 0) is 40.0 Å². The van der Waals surface area contributed by atoms with Crippen LogP contribution in [0.15, 0.2) is 47.2 Å². The Hall–Kier alpha value is -1.15. The Morgan fingerprint density at radius 3 is 2.64 bits per heavy atom. The van der Waals surface area contributed by atoms with Crippen LogP contribution in [-0.4, -0.2) is 4.98 Å². The van der Waals surface area contributed by atoms with Crippen molar-refractivity contribution in [2.24, 2.45) is 0 Å². The zero-order valence-corrected chi connectivity index (χ0v) is 9.45. The summed E-state index contributed by atoms with van der Waals surface area (Å²) < 4.78 is 1.01. The van der Waals surface area contributed by atoms with Gasteiger partial charge in [0, 0.05) is 22.4 Å². The van der Waals surface area contributed by atoms with Crippen LogP contribution in [0.25, 0.3) is 11.1 Å². The summed E-state index contributed by atoms with van der Waals surface area (Å²) in [5, 5.41) is 0. The van der Waals surface area contributed by atoms with Crippen LogP contribution >= 0.6 is 15.9 Å². The number of hydrogen-bond acceptors (Lipinski definition) is 1. The number of aryl methyl sites for hydroxylation is 1. The fourth-order valence-electron chi connectivity index (χ4n) is 1.46. The van der Waals surface area contributed by atoms with Crippen molar-refractivity contribution in [3.8, 4) is 11.1 Å². The lowest BCUT2D eigenvalue weighted by molar-refractivity contribution is 1.30. The number of aromatic nitrogens is 1. The summed E-state index contributed by atoms with van der Waals surface area (Å²) in [6.45, 7) is 2.11. The molecule has 0 saturated carbocycles. The highest BCUT2D eigenvalue weighted by atomic mass is 79.9. The molecule has 0 N–H and O–H groups in total. The summed E-state index contributed by atoms with van der Waals surface area (Å²) >= 11 is 3.42. The van der Waals surface area contributed by atoms with E-state index < -0.39 is 0 Å². The number of halogens is 1. The number of rotatable bonds is 1. The van der Waals surface area contributed by atoms with Gasteiger partial charge in [0.05, 0.1) is 0 Å². The van der Waals surface area contributed by atoms with Crippen LogP contribution in [0, 0.1) is 6.92 Å². The molecule has 1 aromatic carbocycles. The Morgan fingerprint density at radius 1 is 1.14 bits per heavy atom. The molecule has 0 aliphatic heterocycles. The highest BCUT2D eigenvalue weighted by molar-refractivity contribution is 9.10. The molecule has 0 fully saturated rings. The van der Waals surface area contributed by atoms with Gasteiger partial charge in [0.25, 0.3) is 0 Å². The lowest BCUT2D eigenvalue weighted by Gasteiger charge is -2.04. The van der Waals surface area contributed by atoms with Crippen LogP contribution < -0.4 is 0 Å². The SMILES string of the molecule is Cc1ccccc1-c1cncc(Br)c1. The Bertz CT molecular complexity index is 452. The maximum absolute atomic E-state index is 4.15. The van der Waals surface area contributed by atoms with Crippen molar-refractivity contribution in [2.45, 2.75) is 6.92 Å². The summed E-state index contributed by atoms with van der Waals surface area (Å²) in [5.41, 5.74) is 3.66. The van der Waals surface area contributed by atoms with Crippen molar-refractivity contribution >= 4 is 15.9 Å². The van der Waals surface area contributed by atoms with E-state index in [-0.39, 0.29) is 0 Å². The summed E-state index contributed by atoms with van der Waals surface area (Å²) in [7, 11) is 0. The fourth-order valence-corrected chi connectivity index (χ4v) is 1.82. The fraction of sp³-hybridized carbons (Fsp3) is 0.0833. The first-order chi connectivity index (χ1) is 6.77. The second-order valence-electron chi connectivity index (χ2n) is 3.21. The van der Waals surface area contributed by atoms with Crippen LogP contribution in [0.5, 0.6) is 0 Å². The van der Waals surface area contributed by atoms with Crippen LogP contribution in [-0.2, 0) is 0 Å². The molecule has 1 aromatic heterocycles. The average Bonchev–Trinajstić information content (AvgIpc) is 2.18. The van der Waals surface area contributed by atoms with Crippen molar-refractivity contribution in [1.29, 1.82) is 0 Å². The van der Waals surface area contributed by atoms with E-state index in [2.05, 4.69) is 46.0 Å². The molecule has 0 bridgehead atoms. The summed E-state index contributed by atoms with van der Waals surface area (Å²) in [5.74, 6) is 0.